The van der Waals surface area contributed by atoms with Crippen molar-refractivity contribution in [2.24, 2.45) is 7.05 Å². The fourth-order valence-electron chi connectivity index (χ4n) is 3.16. The van der Waals surface area contributed by atoms with Gasteiger partial charge in [0.1, 0.15) is 11.3 Å². The van der Waals surface area contributed by atoms with Crippen LogP contribution in [-0.4, -0.2) is 14.5 Å². The van der Waals surface area contributed by atoms with Gasteiger partial charge < -0.3 is 9.88 Å². The number of aromatic nitrogens is 3. The van der Waals surface area contributed by atoms with Crippen LogP contribution >= 0.6 is 0 Å². The Hall–Kier alpha value is -3.65. The van der Waals surface area contributed by atoms with Gasteiger partial charge in [0.15, 0.2) is 0 Å². The molecule has 4 rings (SSSR count). The predicted octanol–water partition coefficient (Wildman–Crippen LogP) is 4.81. The van der Waals surface area contributed by atoms with Crippen molar-refractivity contribution in [2.45, 2.75) is 13.3 Å². The first kappa shape index (κ1) is 16.8. The third-order valence-corrected chi connectivity index (χ3v) is 4.71. The summed E-state index contributed by atoms with van der Waals surface area (Å²) in [7, 11) is 1.98. The van der Waals surface area contributed by atoms with Gasteiger partial charge in [0.05, 0.1) is 29.7 Å². The van der Waals surface area contributed by atoms with E-state index in [4.69, 9.17) is 5.26 Å². The number of anilines is 2. The summed E-state index contributed by atoms with van der Waals surface area (Å²) in [5, 5.41) is 12.4. The lowest BCUT2D eigenvalue weighted by atomic mass is 9.99. The second-order valence-electron chi connectivity index (χ2n) is 6.45. The van der Waals surface area contributed by atoms with E-state index in [2.05, 4.69) is 46.5 Å². The van der Waals surface area contributed by atoms with Crippen LogP contribution in [0.3, 0.4) is 0 Å². The van der Waals surface area contributed by atoms with Crippen LogP contribution in [0.2, 0.25) is 0 Å². The van der Waals surface area contributed by atoms with Crippen LogP contribution in [0.5, 0.6) is 0 Å². The van der Waals surface area contributed by atoms with Crippen molar-refractivity contribution < 1.29 is 0 Å². The predicted molar refractivity (Wildman–Crippen MR) is 108 cm³/mol. The quantitative estimate of drug-likeness (QED) is 0.571. The molecule has 0 aliphatic carbocycles. The molecule has 0 aliphatic heterocycles. The molecule has 1 N–H and O–H groups in total. The van der Waals surface area contributed by atoms with Gasteiger partial charge in [-0.2, -0.15) is 5.26 Å². The molecule has 0 atom stereocenters. The zero-order valence-electron chi connectivity index (χ0n) is 15.3. The summed E-state index contributed by atoms with van der Waals surface area (Å²) in [6.45, 7) is 2.14. The van der Waals surface area contributed by atoms with E-state index in [0.717, 1.165) is 40.1 Å². The number of nitrogens with zero attached hydrogens (tertiary/aromatic N) is 4. The number of aryl methyl sites for hydroxylation is 2. The van der Waals surface area contributed by atoms with Crippen LogP contribution in [0, 0.1) is 11.3 Å². The first-order valence-electron chi connectivity index (χ1n) is 8.85. The number of rotatable bonds is 4. The standard InChI is InChI=1S/C22H19N5/c1-3-16-10-18(17-6-4-15(12-23)5-7-17)8-9-19(16)26-22-11-21-20(13-24-22)25-14-27(21)2/h4-11,13-14H,3H2,1-2H3,(H,24,26). The molecule has 0 saturated carbocycles. The third kappa shape index (κ3) is 3.25. The van der Waals surface area contributed by atoms with Crippen LogP contribution in [0.4, 0.5) is 11.5 Å². The summed E-state index contributed by atoms with van der Waals surface area (Å²) in [6, 6.07) is 18.2. The Bertz CT molecular complexity index is 1150. The monoisotopic (exact) mass is 353 g/mol. The van der Waals surface area contributed by atoms with E-state index >= 15 is 0 Å². The first-order valence-corrected chi connectivity index (χ1v) is 8.85. The summed E-state index contributed by atoms with van der Waals surface area (Å²) in [4.78, 5) is 8.78. The van der Waals surface area contributed by atoms with E-state index in [-0.39, 0.29) is 0 Å². The molecule has 4 aromatic rings. The van der Waals surface area contributed by atoms with Crippen LogP contribution in [0.15, 0.2) is 61.1 Å². The molecule has 5 nitrogen and oxygen atoms in total. The normalized spacial score (nSPS) is 10.7. The Kier molecular flexibility index (Phi) is 4.31. The molecule has 5 heteroatoms. The summed E-state index contributed by atoms with van der Waals surface area (Å²) in [6.07, 6.45) is 4.48. The molecule has 2 aromatic heterocycles. The maximum atomic E-state index is 8.96. The molecule has 0 amide bonds. The SMILES string of the molecule is CCc1cc(-c2ccc(C#N)cc2)ccc1Nc1cc2c(cn1)ncn2C. The minimum absolute atomic E-state index is 0.671. The van der Waals surface area contributed by atoms with E-state index in [0.29, 0.717) is 5.56 Å². The molecule has 0 spiro atoms. The summed E-state index contributed by atoms with van der Waals surface area (Å²) in [5.74, 6) is 0.798. The maximum Gasteiger partial charge on any atom is 0.132 e. The number of fused-ring (bicyclic) bond motifs is 1. The molecule has 0 saturated heterocycles. The molecule has 2 heterocycles. The van der Waals surface area contributed by atoms with E-state index in [1.54, 1.807) is 12.5 Å². The maximum absolute atomic E-state index is 8.96. The Labute approximate surface area is 157 Å². The highest BCUT2D eigenvalue weighted by molar-refractivity contribution is 5.79. The smallest absolute Gasteiger partial charge is 0.132 e. The van der Waals surface area contributed by atoms with Gasteiger partial charge in [-0.1, -0.05) is 25.1 Å². The lowest BCUT2D eigenvalue weighted by molar-refractivity contribution is 0.947. The van der Waals surface area contributed by atoms with E-state index in [1.807, 2.05) is 41.9 Å². The van der Waals surface area contributed by atoms with Crippen molar-refractivity contribution in [1.29, 1.82) is 5.26 Å². The van der Waals surface area contributed by atoms with Gasteiger partial charge in [0, 0.05) is 18.8 Å². The Morgan fingerprint density at radius 3 is 2.56 bits per heavy atom. The largest absolute Gasteiger partial charge is 0.340 e. The lowest BCUT2D eigenvalue weighted by Gasteiger charge is -2.13. The van der Waals surface area contributed by atoms with Crippen molar-refractivity contribution in [3.63, 3.8) is 0 Å². The molecule has 0 bridgehead atoms. The first-order chi connectivity index (χ1) is 13.2. The number of imidazole rings is 1. The third-order valence-electron chi connectivity index (χ3n) is 4.71. The van der Waals surface area contributed by atoms with Crippen molar-refractivity contribution in [1.82, 2.24) is 14.5 Å². The van der Waals surface area contributed by atoms with Gasteiger partial charge in [-0.15, -0.1) is 0 Å². The van der Waals surface area contributed by atoms with Crippen molar-refractivity contribution in [3.8, 4) is 17.2 Å². The van der Waals surface area contributed by atoms with E-state index < -0.39 is 0 Å². The Morgan fingerprint density at radius 2 is 1.81 bits per heavy atom. The van der Waals surface area contributed by atoms with Crippen LogP contribution in [0.25, 0.3) is 22.2 Å². The Balaban J connectivity index is 1.66. The second-order valence-corrected chi connectivity index (χ2v) is 6.45. The lowest BCUT2D eigenvalue weighted by Crippen LogP contribution is -1.98. The van der Waals surface area contributed by atoms with Crippen molar-refractivity contribution >= 4 is 22.5 Å². The van der Waals surface area contributed by atoms with Crippen LogP contribution in [-0.2, 0) is 13.5 Å². The fraction of sp³-hybridized carbons (Fsp3) is 0.136. The van der Waals surface area contributed by atoms with Gasteiger partial charge in [-0.3, -0.25) is 0 Å². The molecular formula is C22H19N5. The summed E-state index contributed by atoms with van der Waals surface area (Å²) in [5.41, 5.74) is 7.09. The van der Waals surface area contributed by atoms with Crippen molar-refractivity contribution in [2.75, 3.05) is 5.32 Å². The molecule has 0 aliphatic rings. The van der Waals surface area contributed by atoms with Gasteiger partial charge in [0.2, 0.25) is 0 Å². The van der Waals surface area contributed by atoms with Crippen molar-refractivity contribution in [3.05, 3.63) is 72.2 Å². The van der Waals surface area contributed by atoms with E-state index in [9.17, 15) is 0 Å². The minimum atomic E-state index is 0.671. The molecule has 132 valence electrons. The van der Waals surface area contributed by atoms with Gasteiger partial charge in [0.25, 0.3) is 0 Å². The number of pyridine rings is 1. The summed E-state index contributed by atoms with van der Waals surface area (Å²) < 4.78 is 1.98. The number of nitrogens with one attached hydrogen (secondary N) is 1. The summed E-state index contributed by atoms with van der Waals surface area (Å²) >= 11 is 0. The number of benzene rings is 2. The molecule has 0 unspecified atom stereocenters. The Morgan fingerprint density at radius 1 is 1.04 bits per heavy atom. The highest BCUT2D eigenvalue weighted by Crippen LogP contribution is 2.28. The zero-order chi connectivity index (χ0) is 18.8. The average Bonchev–Trinajstić information content (AvgIpc) is 3.09. The van der Waals surface area contributed by atoms with Crippen LogP contribution in [0.1, 0.15) is 18.1 Å². The molecule has 0 radical (unpaired) electrons. The van der Waals surface area contributed by atoms with E-state index in [1.165, 1.54) is 5.56 Å². The zero-order valence-corrected chi connectivity index (χ0v) is 15.3. The van der Waals surface area contributed by atoms with Gasteiger partial charge in [-0.05, 0) is 47.4 Å². The minimum Gasteiger partial charge on any atom is -0.340 e. The van der Waals surface area contributed by atoms with Gasteiger partial charge >= 0.3 is 0 Å². The van der Waals surface area contributed by atoms with Crippen LogP contribution < -0.4 is 5.32 Å². The fourth-order valence-corrected chi connectivity index (χ4v) is 3.16. The average molecular weight is 353 g/mol. The molecule has 0 fully saturated rings. The number of nitriles is 1. The molecule has 27 heavy (non-hydrogen) atoms. The molecule has 2 aromatic carbocycles. The highest BCUT2D eigenvalue weighted by atomic mass is 15.0. The van der Waals surface area contributed by atoms with Gasteiger partial charge in [-0.25, -0.2) is 9.97 Å². The second kappa shape index (κ2) is 6.93. The highest BCUT2D eigenvalue weighted by Gasteiger charge is 2.08. The topological polar surface area (TPSA) is 66.5 Å². The number of hydrogen-bond acceptors (Lipinski definition) is 4. The number of hydrogen-bond donors (Lipinski definition) is 1. The molecular weight excluding hydrogens is 334 g/mol.